The fourth-order valence-corrected chi connectivity index (χ4v) is 2.81. The first-order chi connectivity index (χ1) is 10.4. The van der Waals surface area contributed by atoms with Crippen molar-refractivity contribution in [1.82, 2.24) is 5.32 Å². The Labute approximate surface area is 132 Å². The highest BCUT2D eigenvalue weighted by atomic mass is 32.1. The van der Waals surface area contributed by atoms with E-state index in [0.29, 0.717) is 5.56 Å². The van der Waals surface area contributed by atoms with Crippen molar-refractivity contribution in [2.45, 2.75) is 25.0 Å². The van der Waals surface area contributed by atoms with Gasteiger partial charge in [0.2, 0.25) is 5.91 Å². The lowest BCUT2D eigenvalue weighted by atomic mass is 10.0. The first kappa shape index (κ1) is 16.6. The summed E-state index contributed by atoms with van der Waals surface area (Å²) in [6.07, 6.45) is -1.27. The van der Waals surface area contributed by atoms with E-state index in [2.05, 4.69) is 5.32 Å². The number of benzene rings is 1. The summed E-state index contributed by atoms with van der Waals surface area (Å²) in [5.74, 6) is -0.869. The summed E-state index contributed by atoms with van der Waals surface area (Å²) in [6, 6.07) is 9.12. The second kappa shape index (κ2) is 7.00. The molecule has 1 aromatic carbocycles. The number of hydrogen-bond donors (Lipinski definition) is 3. The van der Waals surface area contributed by atoms with Crippen LogP contribution in [0.1, 0.15) is 29.9 Å². The molecule has 2 rings (SSSR count). The van der Waals surface area contributed by atoms with E-state index in [-0.39, 0.29) is 13.0 Å². The van der Waals surface area contributed by atoms with Crippen molar-refractivity contribution in [3.8, 4) is 0 Å². The van der Waals surface area contributed by atoms with Gasteiger partial charge in [0.1, 0.15) is 11.4 Å². The first-order valence-electron chi connectivity index (χ1n) is 6.85. The Balaban J connectivity index is 1.88. The van der Waals surface area contributed by atoms with Crippen LogP contribution in [0.5, 0.6) is 0 Å². The third kappa shape index (κ3) is 4.37. The minimum absolute atomic E-state index is 0.0439. The number of aliphatic hydroxyl groups excluding tert-OH is 1. The summed E-state index contributed by atoms with van der Waals surface area (Å²) in [7, 11) is 0. The van der Waals surface area contributed by atoms with E-state index in [1.54, 1.807) is 19.1 Å². The van der Waals surface area contributed by atoms with Crippen LogP contribution in [0.3, 0.4) is 0 Å². The normalized spacial score (nSPS) is 15.1. The van der Waals surface area contributed by atoms with Crippen molar-refractivity contribution in [2.24, 2.45) is 0 Å². The van der Waals surface area contributed by atoms with Gasteiger partial charge in [0.25, 0.3) is 0 Å². The topological polar surface area (TPSA) is 69.6 Å². The molecule has 22 heavy (non-hydrogen) atoms. The SMILES string of the molecule is CC(O)(CNC(=O)CC(O)c1cccc(F)c1)c1cccs1. The maximum Gasteiger partial charge on any atom is 0.223 e. The van der Waals surface area contributed by atoms with Crippen LogP contribution in [0.25, 0.3) is 0 Å². The van der Waals surface area contributed by atoms with Crippen molar-refractivity contribution in [1.29, 1.82) is 0 Å². The zero-order valence-electron chi connectivity index (χ0n) is 12.1. The van der Waals surface area contributed by atoms with Gasteiger partial charge in [0, 0.05) is 4.88 Å². The van der Waals surface area contributed by atoms with Crippen LogP contribution < -0.4 is 5.32 Å². The largest absolute Gasteiger partial charge is 0.388 e. The van der Waals surface area contributed by atoms with Gasteiger partial charge in [-0.05, 0) is 36.1 Å². The van der Waals surface area contributed by atoms with Gasteiger partial charge >= 0.3 is 0 Å². The van der Waals surface area contributed by atoms with Crippen molar-refractivity contribution in [3.63, 3.8) is 0 Å². The Kier molecular flexibility index (Phi) is 5.28. The predicted octanol–water partition coefficient (Wildman–Crippen LogP) is 2.33. The van der Waals surface area contributed by atoms with E-state index in [1.807, 2.05) is 11.4 Å². The molecule has 0 saturated carbocycles. The number of nitrogens with one attached hydrogen (secondary N) is 1. The molecule has 0 fully saturated rings. The summed E-state index contributed by atoms with van der Waals surface area (Å²) < 4.78 is 13.1. The van der Waals surface area contributed by atoms with Crippen LogP contribution in [0, 0.1) is 5.82 Å². The number of halogens is 1. The van der Waals surface area contributed by atoms with Crippen LogP contribution in [-0.2, 0) is 10.4 Å². The molecule has 1 heterocycles. The molecule has 1 amide bonds. The van der Waals surface area contributed by atoms with E-state index >= 15 is 0 Å². The molecule has 3 N–H and O–H groups in total. The van der Waals surface area contributed by atoms with Crippen molar-refractivity contribution < 1.29 is 19.4 Å². The highest BCUT2D eigenvalue weighted by Crippen LogP contribution is 2.24. The Morgan fingerprint density at radius 2 is 2.18 bits per heavy atom. The van der Waals surface area contributed by atoms with Crippen molar-refractivity contribution in [3.05, 3.63) is 58.0 Å². The van der Waals surface area contributed by atoms with Gasteiger partial charge < -0.3 is 15.5 Å². The van der Waals surface area contributed by atoms with Gasteiger partial charge in [-0.1, -0.05) is 18.2 Å². The summed E-state index contributed by atoms with van der Waals surface area (Å²) >= 11 is 1.40. The lowest BCUT2D eigenvalue weighted by Crippen LogP contribution is -2.38. The Hall–Kier alpha value is -1.76. The average molecular weight is 323 g/mol. The molecule has 0 saturated heterocycles. The van der Waals surface area contributed by atoms with Gasteiger partial charge in [0.05, 0.1) is 19.1 Å². The maximum absolute atomic E-state index is 13.1. The number of rotatable bonds is 6. The third-order valence-corrected chi connectivity index (χ3v) is 4.42. The summed E-state index contributed by atoms with van der Waals surface area (Å²) in [5.41, 5.74) is -0.812. The molecular formula is C16H18FNO3S. The van der Waals surface area contributed by atoms with Crippen molar-refractivity contribution >= 4 is 17.2 Å². The van der Waals surface area contributed by atoms with E-state index in [4.69, 9.17) is 0 Å². The number of carbonyl (C=O) groups excluding carboxylic acids is 1. The lowest BCUT2D eigenvalue weighted by molar-refractivity contribution is -0.124. The van der Waals surface area contributed by atoms with Gasteiger partial charge in [-0.25, -0.2) is 4.39 Å². The molecule has 0 aliphatic rings. The van der Waals surface area contributed by atoms with Crippen molar-refractivity contribution in [2.75, 3.05) is 6.54 Å². The molecule has 0 radical (unpaired) electrons. The fraction of sp³-hybridized carbons (Fsp3) is 0.312. The second-order valence-corrected chi connectivity index (χ2v) is 6.25. The van der Waals surface area contributed by atoms with Crippen LogP contribution in [0.2, 0.25) is 0 Å². The smallest absolute Gasteiger partial charge is 0.223 e. The van der Waals surface area contributed by atoms with E-state index < -0.39 is 23.4 Å². The lowest BCUT2D eigenvalue weighted by Gasteiger charge is -2.22. The summed E-state index contributed by atoms with van der Waals surface area (Å²) in [6.45, 7) is 1.66. The molecule has 6 heteroatoms. The molecule has 1 aromatic heterocycles. The second-order valence-electron chi connectivity index (χ2n) is 5.30. The van der Waals surface area contributed by atoms with E-state index in [0.717, 1.165) is 4.88 Å². The molecular weight excluding hydrogens is 305 g/mol. The van der Waals surface area contributed by atoms with Gasteiger partial charge in [-0.15, -0.1) is 11.3 Å². The molecule has 2 aromatic rings. The van der Waals surface area contributed by atoms with Crippen LogP contribution in [0.15, 0.2) is 41.8 Å². The molecule has 2 atom stereocenters. The number of carbonyl (C=O) groups is 1. The Morgan fingerprint density at radius 1 is 1.41 bits per heavy atom. The number of thiophene rings is 1. The van der Waals surface area contributed by atoms with Gasteiger partial charge in [-0.3, -0.25) is 4.79 Å². The minimum atomic E-state index is -1.16. The molecule has 0 aliphatic heterocycles. The average Bonchev–Trinajstić information content (AvgIpc) is 3.00. The van der Waals surface area contributed by atoms with E-state index in [1.165, 1.54) is 29.5 Å². The highest BCUT2D eigenvalue weighted by molar-refractivity contribution is 7.10. The fourth-order valence-electron chi connectivity index (χ4n) is 2.02. The Morgan fingerprint density at radius 3 is 2.82 bits per heavy atom. The van der Waals surface area contributed by atoms with Gasteiger partial charge in [0.15, 0.2) is 0 Å². The van der Waals surface area contributed by atoms with Crippen LogP contribution >= 0.6 is 11.3 Å². The molecule has 0 bridgehead atoms. The first-order valence-corrected chi connectivity index (χ1v) is 7.73. The summed E-state index contributed by atoms with van der Waals surface area (Å²) in [4.78, 5) is 12.6. The molecule has 4 nitrogen and oxygen atoms in total. The minimum Gasteiger partial charge on any atom is -0.388 e. The molecule has 118 valence electrons. The maximum atomic E-state index is 13.1. The molecule has 0 spiro atoms. The standard InChI is InChI=1S/C16H18FNO3S/c1-16(21,14-6-3-7-22-14)10-18-15(20)9-13(19)11-4-2-5-12(17)8-11/h2-8,13,19,21H,9-10H2,1H3,(H,18,20). The van der Waals surface area contributed by atoms with E-state index in [9.17, 15) is 19.4 Å². The zero-order valence-corrected chi connectivity index (χ0v) is 12.9. The predicted molar refractivity (Wildman–Crippen MR) is 82.9 cm³/mol. The highest BCUT2D eigenvalue weighted by Gasteiger charge is 2.25. The third-order valence-electron chi connectivity index (χ3n) is 3.29. The number of aliphatic hydroxyl groups is 2. The van der Waals surface area contributed by atoms with Gasteiger partial charge in [-0.2, -0.15) is 0 Å². The van der Waals surface area contributed by atoms with Crippen LogP contribution in [-0.4, -0.2) is 22.7 Å². The monoisotopic (exact) mass is 323 g/mol. The zero-order chi connectivity index (χ0) is 16.2. The Bertz CT molecular complexity index is 628. The number of amides is 1. The summed E-state index contributed by atoms with van der Waals surface area (Å²) in [5, 5.41) is 24.7. The molecule has 0 aliphatic carbocycles. The molecule has 2 unspecified atom stereocenters. The van der Waals surface area contributed by atoms with Crippen LogP contribution in [0.4, 0.5) is 4.39 Å². The quantitative estimate of drug-likeness (QED) is 0.764. The number of hydrogen-bond acceptors (Lipinski definition) is 4.